The molecule has 0 saturated carbocycles. The van der Waals surface area contributed by atoms with Crippen LogP contribution in [-0.4, -0.2) is 34.8 Å². The third-order valence-electron chi connectivity index (χ3n) is 1.42. The molecule has 1 heterocycles. The topological polar surface area (TPSA) is 67.9 Å². The summed E-state index contributed by atoms with van der Waals surface area (Å²) in [6, 6.07) is 0.122. The summed E-state index contributed by atoms with van der Waals surface area (Å²) in [5.41, 5.74) is 5.62. The first kappa shape index (κ1) is 8.86. The summed E-state index contributed by atoms with van der Waals surface area (Å²) in [5, 5.41) is 7.56. The van der Waals surface area contributed by atoms with E-state index in [4.69, 9.17) is 5.73 Å². The van der Waals surface area contributed by atoms with Gasteiger partial charge in [-0.3, -0.25) is 0 Å². The largest absolute Gasteiger partial charge is 0.355 e. The summed E-state index contributed by atoms with van der Waals surface area (Å²) in [4.78, 5) is 5.78. The first-order valence-electron chi connectivity index (χ1n) is 3.79. The van der Waals surface area contributed by atoms with E-state index in [0.717, 1.165) is 12.4 Å². The Hall–Kier alpha value is -1.23. The van der Waals surface area contributed by atoms with Crippen LogP contribution in [0.2, 0.25) is 0 Å². The molecule has 1 unspecified atom stereocenters. The minimum atomic E-state index is 0.122. The molecule has 0 amide bonds. The molecular weight excluding hydrogens is 154 g/mol. The van der Waals surface area contributed by atoms with E-state index in [-0.39, 0.29) is 6.04 Å². The maximum Gasteiger partial charge on any atom is 0.169 e. The standard InChI is InChI=1S/C7H13N5/c1-6(8)4-12(2)7-3-9-5-10-11-7/h3,5-6H,4,8H2,1-2H3. The zero-order valence-corrected chi connectivity index (χ0v) is 7.31. The van der Waals surface area contributed by atoms with Gasteiger partial charge in [-0.2, -0.15) is 0 Å². The summed E-state index contributed by atoms with van der Waals surface area (Å²) in [5.74, 6) is 0.745. The number of aromatic nitrogens is 3. The van der Waals surface area contributed by atoms with Gasteiger partial charge in [0.25, 0.3) is 0 Å². The Kier molecular flexibility index (Phi) is 2.93. The molecule has 1 atom stereocenters. The van der Waals surface area contributed by atoms with Crippen molar-refractivity contribution < 1.29 is 0 Å². The van der Waals surface area contributed by atoms with Crippen LogP contribution in [0.1, 0.15) is 6.92 Å². The van der Waals surface area contributed by atoms with Crippen molar-refractivity contribution in [3.05, 3.63) is 12.5 Å². The molecule has 1 rings (SSSR count). The Morgan fingerprint density at radius 3 is 2.92 bits per heavy atom. The normalized spacial score (nSPS) is 12.6. The van der Waals surface area contributed by atoms with Gasteiger partial charge in [-0.25, -0.2) is 4.98 Å². The average molecular weight is 167 g/mol. The first-order valence-corrected chi connectivity index (χ1v) is 3.79. The second-order valence-corrected chi connectivity index (χ2v) is 2.83. The molecule has 66 valence electrons. The molecule has 0 aliphatic carbocycles. The molecular formula is C7H13N5. The van der Waals surface area contributed by atoms with Gasteiger partial charge in [0.15, 0.2) is 5.82 Å². The molecule has 5 heteroatoms. The highest BCUT2D eigenvalue weighted by molar-refractivity contribution is 5.32. The van der Waals surface area contributed by atoms with E-state index in [9.17, 15) is 0 Å². The van der Waals surface area contributed by atoms with Crippen LogP contribution in [0, 0.1) is 0 Å². The van der Waals surface area contributed by atoms with E-state index in [0.29, 0.717) is 0 Å². The van der Waals surface area contributed by atoms with Gasteiger partial charge in [0, 0.05) is 19.6 Å². The molecule has 1 aromatic rings. The Bertz CT molecular complexity index is 222. The fraction of sp³-hybridized carbons (Fsp3) is 0.571. The Morgan fingerprint density at radius 2 is 2.42 bits per heavy atom. The lowest BCUT2D eigenvalue weighted by Gasteiger charge is -2.18. The summed E-state index contributed by atoms with van der Waals surface area (Å²) >= 11 is 0. The fourth-order valence-electron chi connectivity index (χ4n) is 0.941. The molecule has 1 aromatic heterocycles. The molecule has 0 saturated heterocycles. The van der Waals surface area contributed by atoms with Gasteiger partial charge in [-0.05, 0) is 6.92 Å². The predicted molar refractivity (Wildman–Crippen MR) is 46.7 cm³/mol. The van der Waals surface area contributed by atoms with E-state index in [2.05, 4.69) is 15.2 Å². The molecule has 5 nitrogen and oxygen atoms in total. The van der Waals surface area contributed by atoms with E-state index < -0.39 is 0 Å². The highest BCUT2D eigenvalue weighted by Crippen LogP contribution is 2.02. The molecule has 0 fully saturated rings. The van der Waals surface area contributed by atoms with Gasteiger partial charge in [0.2, 0.25) is 0 Å². The van der Waals surface area contributed by atoms with Crippen LogP contribution in [0.4, 0.5) is 5.82 Å². The number of anilines is 1. The SMILES string of the molecule is CC(N)CN(C)c1cncnn1. The third kappa shape index (κ3) is 2.43. The molecule has 2 N–H and O–H groups in total. The van der Waals surface area contributed by atoms with Crippen LogP contribution in [0.15, 0.2) is 12.5 Å². The highest BCUT2D eigenvalue weighted by atomic mass is 15.3. The maximum absolute atomic E-state index is 5.62. The van der Waals surface area contributed by atoms with Crippen LogP contribution in [0.25, 0.3) is 0 Å². The summed E-state index contributed by atoms with van der Waals surface area (Å²) in [6.45, 7) is 2.70. The Labute approximate surface area is 71.6 Å². The molecule has 0 aliphatic rings. The van der Waals surface area contributed by atoms with Crippen molar-refractivity contribution in [2.24, 2.45) is 5.73 Å². The van der Waals surface area contributed by atoms with Gasteiger partial charge in [0.05, 0.1) is 6.20 Å². The molecule has 0 radical (unpaired) electrons. The lowest BCUT2D eigenvalue weighted by Crippen LogP contribution is -2.33. The second kappa shape index (κ2) is 3.96. The van der Waals surface area contributed by atoms with Crippen molar-refractivity contribution in [3.63, 3.8) is 0 Å². The average Bonchev–Trinajstić information content (AvgIpc) is 2.05. The van der Waals surface area contributed by atoms with Gasteiger partial charge in [0.1, 0.15) is 6.33 Å². The van der Waals surface area contributed by atoms with Crippen molar-refractivity contribution >= 4 is 5.82 Å². The van der Waals surface area contributed by atoms with Crippen LogP contribution in [-0.2, 0) is 0 Å². The van der Waals surface area contributed by atoms with E-state index >= 15 is 0 Å². The molecule has 12 heavy (non-hydrogen) atoms. The summed E-state index contributed by atoms with van der Waals surface area (Å²) < 4.78 is 0. The van der Waals surface area contributed by atoms with Crippen molar-refractivity contribution in [2.75, 3.05) is 18.5 Å². The number of nitrogens with two attached hydrogens (primary N) is 1. The Morgan fingerprint density at radius 1 is 1.67 bits per heavy atom. The maximum atomic E-state index is 5.62. The van der Waals surface area contributed by atoms with Gasteiger partial charge < -0.3 is 10.6 Å². The lowest BCUT2D eigenvalue weighted by atomic mass is 10.3. The number of likely N-dealkylation sites (N-methyl/N-ethyl adjacent to an activating group) is 1. The van der Waals surface area contributed by atoms with Crippen molar-refractivity contribution in [1.82, 2.24) is 15.2 Å². The molecule has 0 aromatic carbocycles. The summed E-state index contributed by atoms with van der Waals surface area (Å²) in [7, 11) is 1.91. The zero-order valence-electron chi connectivity index (χ0n) is 7.31. The fourth-order valence-corrected chi connectivity index (χ4v) is 0.941. The number of hydrogen-bond acceptors (Lipinski definition) is 5. The quantitative estimate of drug-likeness (QED) is 0.666. The van der Waals surface area contributed by atoms with E-state index in [1.165, 1.54) is 6.33 Å². The number of rotatable bonds is 3. The van der Waals surface area contributed by atoms with Crippen LogP contribution in [0.3, 0.4) is 0 Å². The second-order valence-electron chi connectivity index (χ2n) is 2.83. The third-order valence-corrected chi connectivity index (χ3v) is 1.42. The minimum Gasteiger partial charge on any atom is -0.355 e. The summed E-state index contributed by atoms with van der Waals surface area (Å²) in [6.07, 6.45) is 3.07. The lowest BCUT2D eigenvalue weighted by molar-refractivity contribution is 0.705. The van der Waals surface area contributed by atoms with Gasteiger partial charge in [-0.15, -0.1) is 10.2 Å². The number of hydrogen-bond donors (Lipinski definition) is 1. The molecule has 0 spiro atoms. The van der Waals surface area contributed by atoms with E-state index in [1.54, 1.807) is 6.20 Å². The molecule has 0 bridgehead atoms. The van der Waals surface area contributed by atoms with Gasteiger partial charge in [-0.1, -0.05) is 0 Å². The van der Waals surface area contributed by atoms with Crippen LogP contribution in [0.5, 0.6) is 0 Å². The predicted octanol–water partition coefficient (Wildman–Crippen LogP) is -0.345. The minimum absolute atomic E-state index is 0.122. The van der Waals surface area contributed by atoms with Crippen LogP contribution >= 0.6 is 0 Å². The first-order chi connectivity index (χ1) is 5.70. The molecule has 0 aliphatic heterocycles. The monoisotopic (exact) mass is 167 g/mol. The zero-order chi connectivity index (χ0) is 8.97. The number of nitrogens with zero attached hydrogens (tertiary/aromatic N) is 4. The highest BCUT2D eigenvalue weighted by Gasteiger charge is 2.03. The van der Waals surface area contributed by atoms with Crippen molar-refractivity contribution in [3.8, 4) is 0 Å². The smallest absolute Gasteiger partial charge is 0.169 e. The van der Waals surface area contributed by atoms with Crippen LogP contribution < -0.4 is 10.6 Å². The van der Waals surface area contributed by atoms with E-state index in [1.807, 2.05) is 18.9 Å². The van der Waals surface area contributed by atoms with Gasteiger partial charge >= 0.3 is 0 Å². The van der Waals surface area contributed by atoms with Crippen molar-refractivity contribution in [1.29, 1.82) is 0 Å². The van der Waals surface area contributed by atoms with Crippen molar-refractivity contribution in [2.45, 2.75) is 13.0 Å². The Balaban J connectivity index is 2.59.